The number of carbonyl (C=O) groups is 1. The third-order valence-corrected chi connectivity index (χ3v) is 5.31. The van der Waals surface area contributed by atoms with Crippen molar-refractivity contribution < 1.29 is 24.1 Å². The molecule has 0 aromatic heterocycles. The Hall–Kier alpha value is -2.21. The largest absolute Gasteiger partial charge is 0.493 e. The lowest BCUT2D eigenvalue weighted by molar-refractivity contribution is -0.138. The lowest BCUT2D eigenvalue weighted by Crippen LogP contribution is -2.55. The van der Waals surface area contributed by atoms with Gasteiger partial charge in [0, 0.05) is 6.54 Å². The molecule has 0 aliphatic carbocycles. The molecule has 6 nitrogen and oxygen atoms in total. The number of hydrogen-bond acceptors (Lipinski definition) is 5. The number of benzene rings is 1. The minimum absolute atomic E-state index is 0.347. The molecule has 1 fully saturated rings. The number of allylic oxidation sites excluding steroid dienone is 2. The summed E-state index contributed by atoms with van der Waals surface area (Å²) in [7, 11) is 3.17. The molecule has 6 heteroatoms. The molecular formula is C21H31NO5. The van der Waals surface area contributed by atoms with Crippen molar-refractivity contribution in [3.63, 3.8) is 0 Å². The Labute approximate surface area is 161 Å². The first-order valence-electron chi connectivity index (χ1n) is 9.22. The van der Waals surface area contributed by atoms with Gasteiger partial charge in [0.05, 0.1) is 14.2 Å². The molecular weight excluding hydrogens is 346 g/mol. The minimum Gasteiger partial charge on any atom is -0.493 e. The van der Waals surface area contributed by atoms with Gasteiger partial charge in [-0.15, -0.1) is 0 Å². The molecule has 1 saturated heterocycles. The molecule has 1 N–H and O–H groups in total. The average molecular weight is 377 g/mol. The summed E-state index contributed by atoms with van der Waals surface area (Å²) in [5, 5.41) is 11.1. The molecule has 2 rings (SSSR count). The number of aliphatic hydroxyl groups is 1. The van der Waals surface area contributed by atoms with Crippen LogP contribution in [0, 0.1) is 0 Å². The normalized spacial score (nSPS) is 24.6. The summed E-state index contributed by atoms with van der Waals surface area (Å²) in [6, 6.07) is 5.63. The Morgan fingerprint density at radius 1 is 1.22 bits per heavy atom. The fourth-order valence-corrected chi connectivity index (χ4v) is 3.32. The van der Waals surface area contributed by atoms with Crippen molar-refractivity contribution in [2.45, 2.75) is 58.3 Å². The molecule has 1 amide bonds. The van der Waals surface area contributed by atoms with Crippen LogP contribution in [0.25, 0.3) is 0 Å². The van der Waals surface area contributed by atoms with Crippen LogP contribution in [0.5, 0.6) is 11.5 Å². The standard InChI is InChI=1S/C21H31NO5/c1-15(2)8-7-12-20(3)21(4,24)22(19(23)27-20)13-11-16-9-10-17(25-5)18(14-16)26-6/h8-10,14,24H,7,11-13H2,1-6H3. The first kappa shape index (κ1) is 21.1. The molecule has 150 valence electrons. The van der Waals surface area contributed by atoms with Gasteiger partial charge in [-0.3, -0.25) is 4.90 Å². The molecule has 0 radical (unpaired) electrons. The van der Waals surface area contributed by atoms with E-state index in [1.807, 2.05) is 32.0 Å². The van der Waals surface area contributed by atoms with Gasteiger partial charge in [0.1, 0.15) is 0 Å². The van der Waals surface area contributed by atoms with Gasteiger partial charge < -0.3 is 19.3 Å². The van der Waals surface area contributed by atoms with Crippen LogP contribution < -0.4 is 9.47 Å². The van der Waals surface area contributed by atoms with Gasteiger partial charge in [0.2, 0.25) is 0 Å². The summed E-state index contributed by atoms with van der Waals surface area (Å²) in [6.07, 6.45) is 3.47. The summed E-state index contributed by atoms with van der Waals surface area (Å²) in [4.78, 5) is 13.8. The highest BCUT2D eigenvalue weighted by Crippen LogP contribution is 2.41. The third-order valence-electron chi connectivity index (χ3n) is 5.31. The number of rotatable bonds is 8. The lowest BCUT2D eigenvalue weighted by atomic mass is 9.88. The molecule has 0 saturated carbocycles. The summed E-state index contributed by atoms with van der Waals surface area (Å²) in [6.45, 7) is 7.84. The second-order valence-corrected chi connectivity index (χ2v) is 7.53. The number of amides is 1. The monoisotopic (exact) mass is 377 g/mol. The van der Waals surface area contributed by atoms with Crippen LogP contribution in [0.4, 0.5) is 4.79 Å². The Morgan fingerprint density at radius 2 is 1.89 bits per heavy atom. The SMILES string of the molecule is COc1ccc(CCN2C(=O)OC(C)(CCC=C(C)C)C2(C)O)cc1OC. The van der Waals surface area contributed by atoms with Gasteiger partial charge in [-0.25, -0.2) is 4.79 Å². The fourth-order valence-electron chi connectivity index (χ4n) is 3.32. The zero-order valence-corrected chi connectivity index (χ0v) is 17.2. The van der Waals surface area contributed by atoms with E-state index < -0.39 is 17.4 Å². The Balaban J connectivity index is 2.10. The van der Waals surface area contributed by atoms with Crippen molar-refractivity contribution in [2.75, 3.05) is 20.8 Å². The molecule has 2 unspecified atom stereocenters. The van der Waals surface area contributed by atoms with E-state index in [4.69, 9.17) is 14.2 Å². The maximum atomic E-state index is 12.4. The number of hydrogen-bond donors (Lipinski definition) is 1. The van der Waals surface area contributed by atoms with Crippen molar-refractivity contribution in [1.29, 1.82) is 0 Å². The number of cyclic esters (lactones) is 1. The Bertz CT molecular complexity index is 709. The zero-order valence-electron chi connectivity index (χ0n) is 17.2. The van der Waals surface area contributed by atoms with Gasteiger partial charge in [-0.1, -0.05) is 17.7 Å². The summed E-state index contributed by atoms with van der Waals surface area (Å²) < 4.78 is 16.2. The molecule has 2 atom stereocenters. The maximum absolute atomic E-state index is 12.4. The Kier molecular flexibility index (Phi) is 6.42. The highest BCUT2D eigenvalue weighted by Gasteiger charge is 2.58. The van der Waals surface area contributed by atoms with Crippen LogP contribution in [0.15, 0.2) is 29.8 Å². The third kappa shape index (κ3) is 4.38. The molecule has 27 heavy (non-hydrogen) atoms. The highest BCUT2D eigenvalue weighted by atomic mass is 16.6. The van der Waals surface area contributed by atoms with Gasteiger partial charge in [0.25, 0.3) is 0 Å². The van der Waals surface area contributed by atoms with Gasteiger partial charge in [-0.05, 0) is 64.7 Å². The molecule has 1 aliphatic heterocycles. The van der Waals surface area contributed by atoms with E-state index in [1.165, 1.54) is 10.5 Å². The molecule has 0 spiro atoms. The van der Waals surface area contributed by atoms with Crippen LogP contribution in [-0.2, 0) is 11.2 Å². The molecule has 1 aliphatic rings. The van der Waals surface area contributed by atoms with E-state index in [0.717, 1.165) is 12.0 Å². The van der Waals surface area contributed by atoms with E-state index >= 15 is 0 Å². The zero-order chi connectivity index (χ0) is 20.2. The van der Waals surface area contributed by atoms with Crippen LogP contribution in [0.1, 0.15) is 46.1 Å². The van der Waals surface area contributed by atoms with Crippen molar-refractivity contribution in [1.82, 2.24) is 4.90 Å². The quantitative estimate of drug-likeness (QED) is 0.696. The number of ether oxygens (including phenoxy) is 3. The topological polar surface area (TPSA) is 68.2 Å². The number of methoxy groups -OCH3 is 2. The molecule has 1 heterocycles. The minimum atomic E-state index is -1.38. The second-order valence-electron chi connectivity index (χ2n) is 7.53. The first-order valence-corrected chi connectivity index (χ1v) is 9.22. The van der Waals surface area contributed by atoms with Crippen LogP contribution in [0.2, 0.25) is 0 Å². The van der Waals surface area contributed by atoms with Gasteiger partial charge in [0.15, 0.2) is 22.8 Å². The van der Waals surface area contributed by atoms with E-state index in [-0.39, 0.29) is 0 Å². The van der Waals surface area contributed by atoms with Crippen LogP contribution >= 0.6 is 0 Å². The van der Waals surface area contributed by atoms with E-state index in [2.05, 4.69) is 6.08 Å². The predicted molar refractivity (Wildman–Crippen MR) is 104 cm³/mol. The van der Waals surface area contributed by atoms with Crippen molar-refractivity contribution in [2.24, 2.45) is 0 Å². The van der Waals surface area contributed by atoms with Gasteiger partial charge >= 0.3 is 6.09 Å². The van der Waals surface area contributed by atoms with E-state index in [0.29, 0.717) is 30.9 Å². The van der Waals surface area contributed by atoms with Crippen molar-refractivity contribution in [3.8, 4) is 11.5 Å². The van der Waals surface area contributed by atoms with Crippen LogP contribution in [-0.4, -0.2) is 48.2 Å². The van der Waals surface area contributed by atoms with E-state index in [1.54, 1.807) is 28.1 Å². The number of nitrogens with zero attached hydrogens (tertiary/aromatic N) is 1. The molecule has 0 bridgehead atoms. The highest BCUT2D eigenvalue weighted by molar-refractivity contribution is 5.72. The smallest absolute Gasteiger partial charge is 0.412 e. The van der Waals surface area contributed by atoms with E-state index in [9.17, 15) is 9.90 Å². The van der Waals surface area contributed by atoms with Crippen molar-refractivity contribution in [3.05, 3.63) is 35.4 Å². The molecule has 1 aromatic carbocycles. The lowest BCUT2D eigenvalue weighted by Gasteiger charge is -2.37. The predicted octanol–water partition coefficient (Wildman–Crippen LogP) is 3.91. The average Bonchev–Trinajstić information content (AvgIpc) is 2.77. The molecule has 1 aromatic rings. The number of carbonyl (C=O) groups excluding carboxylic acids is 1. The second kappa shape index (κ2) is 8.21. The van der Waals surface area contributed by atoms with Crippen LogP contribution in [0.3, 0.4) is 0 Å². The first-order chi connectivity index (χ1) is 12.6. The van der Waals surface area contributed by atoms with Gasteiger partial charge in [-0.2, -0.15) is 0 Å². The summed E-state index contributed by atoms with van der Waals surface area (Å²) in [5.74, 6) is 1.29. The van der Waals surface area contributed by atoms with Crippen molar-refractivity contribution >= 4 is 6.09 Å². The summed E-state index contributed by atoms with van der Waals surface area (Å²) >= 11 is 0. The fraction of sp³-hybridized carbons (Fsp3) is 0.571. The maximum Gasteiger partial charge on any atom is 0.412 e. The summed E-state index contributed by atoms with van der Waals surface area (Å²) in [5.41, 5.74) is -0.147. The Morgan fingerprint density at radius 3 is 2.48 bits per heavy atom.